The molecule has 142 valence electrons. The van der Waals surface area contributed by atoms with E-state index in [0.29, 0.717) is 24.0 Å². The first-order chi connectivity index (χ1) is 12.6. The molecule has 0 amide bonds. The van der Waals surface area contributed by atoms with E-state index in [1.807, 2.05) is 6.07 Å². The van der Waals surface area contributed by atoms with Crippen molar-refractivity contribution in [1.29, 1.82) is 0 Å². The molecule has 1 heterocycles. The van der Waals surface area contributed by atoms with Crippen molar-refractivity contribution >= 4 is 5.97 Å². The summed E-state index contributed by atoms with van der Waals surface area (Å²) in [6, 6.07) is 6.41. The van der Waals surface area contributed by atoms with Gasteiger partial charge >= 0.3 is 5.97 Å². The third-order valence-electron chi connectivity index (χ3n) is 6.89. The Balaban J connectivity index is 1.51. The predicted octanol–water partition coefficient (Wildman–Crippen LogP) is 3.74. The van der Waals surface area contributed by atoms with Gasteiger partial charge in [-0.25, -0.2) is 0 Å². The lowest BCUT2D eigenvalue weighted by molar-refractivity contribution is -0.135. The molecule has 0 aromatic heterocycles. The number of carbonyl (C=O) groups excluding carboxylic acids is 1. The van der Waals surface area contributed by atoms with Crippen LogP contribution in [0.25, 0.3) is 0 Å². The summed E-state index contributed by atoms with van der Waals surface area (Å²) in [6.45, 7) is 3.88. The molecule has 0 spiro atoms. The highest BCUT2D eigenvalue weighted by molar-refractivity contribution is 5.72. The molecule has 1 aromatic rings. The lowest BCUT2D eigenvalue weighted by Gasteiger charge is -2.47. The highest BCUT2D eigenvalue weighted by Crippen LogP contribution is 2.46. The Hall–Kier alpha value is -1.39. The van der Waals surface area contributed by atoms with Gasteiger partial charge in [0.15, 0.2) is 0 Å². The molecular weight excluding hydrogens is 326 g/mol. The third-order valence-corrected chi connectivity index (χ3v) is 6.89. The summed E-state index contributed by atoms with van der Waals surface area (Å²) in [5.74, 6) is 1.63. The van der Waals surface area contributed by atoms with Gasteiger partial charge in [0.05, 0.1) is 13.2 Å². The monoisotopic (exact) mass is 357 g/mol. The number of esters is 1. The molecule has 1 saturated heterocycles. The summed E-state index contributed by atoms with van der Waals surface area (Å²) >= 11 is 0. The van der Waals surface area contributed by atoms with Crippen molar-refractivity contribution in [3.05, 3.63) is 29.3 Å². The van der Waals surface area contributed by atoms with Crippen molar-refractivity contribution in [2.75, 3.05) is 13.2 Å². The van der Waals surface area contributed by atoms with E-state index in [1.165, 1.54) is 36.8 Å². The second-order valence-electron chi connectivity index (χ2n) is 8.74. The summed E-state index contributed by atoms with van der Waals surface area (Å²) < 4.78 is 10.8. The Morgan fingerprint density at radius 3 is 2.92 bits per heavy atom. The molecule has 2 N–H and O–H groups in total. The van der Waals surface area contributed by atoms with Crippen LogP contribution in [0, 0.1) is 11.8 Å². The van der Waals surface area contributed by atoms with Crippen LogP contribution in [-0.4, -0.2) is 25.2 Å². The zero-order chi connectivity index (χ0) is 18.1. The molecule has 26 heavy (non-hydrogen) atoms. The second-order valence-corrected chi connectivity index (χ2v) is 8.74. The van der Waals surface area contributed by atoms with Crippen molar-refractivity contribution in [1.82, 2.24) is 0 Å². The lowest BCUT2D eigenvalue weighted by atomic mass is 9.60. The van der Waals surface area contributed by atoms with Crippen molar-refractivity contribution < 1.29 is 14.3 Å². The van der Waals surface area contributed by atoms with E-state index in [0.717, 1.165) is 32.5 Å². The molecule has 2 bridgehead atoms. The minimum absolute atomic E-state index is 0.00957. The van der Waals surface area contributed by atoms with Gasteiger partial charge in [0.25, 0.3) is 0 Å². The molecule has 3 atom stereocenters. The van der Waals surface area contributed by atoms with Gasteiger partial charge in [-0.05, 0) is 54.9 Å². The molecule has 4 rings (SSSR count). The van der Waals surface area contributed by atoms with Crippen LogP contribution in [0.15, 0.2) is 18.2 Å². The summed E-state index contributed by atoms with van der Waals surface area (Å²) in [7, 11) is 0. The van der Waals surface area contributed by atoms with Crippen LogP contribution >= 0.6 is 0 Å². The van der Waals surface area contributed by atoms with Gasteiger partial charge in [0.1, 0.15) is 5.75 Å². The highest BCUT2D eigenvalue weighted by atomic mass is 16.5. The smallest absolute Gasteiger partial charge is 0.311 e. The minimum atomic E-state index is -0.141. The first kappa shape index (κ1) is 18.0. The van der Waals surface area contributed by atoms with Crippen molar-refractivity contribution in [2.24, 2.45) is 17.6 Å². The SMILES string of the molecule is C[C@@]12CCCCC[C@@H](Cc3ccc(OC(=O)CCC4COC4)cc31)[C@@H]2N. The van der Waals surface area contributed by atoms with E-state index in [4.69, 9.17) is 15.2 Å². The summed E-state index contributed by atoms with van der Waals surface area (Å²) in [5.41, 5.74) is 9.43. The molecule has 4 nitrogen and oxygen atoms in total. The highest BCUT2D eigenvalue weighted by Gasteiger charge is 2.43. The van der Waals surface area contributed by atoms with Crippen molar-refractivity contribution in [2.45, 2.75) is 69.7 Å². The standard InChI is InChI=1S/C22H31NO3/c1-22-10-4-2-3-5-17(21(22)23)11-16-7-8-18(12-19(16)22)26-20(24)9-6-15-13-25-14-15/h7-8,12,15,17,21H,2-6,9-11,13-14,23H2,1H3/t17-,21-,22+/m0/s1. The Morgan fingerprint density at radius 1 is 1.31 bits per heavy atom. The molecule has 3 aliphatic rings. The Bertz CT molecular complexity index is 669. The molecule has 1 aromatic carbocycles. The van der Waals surface area contributed by atoms with Gasteiger partial charge < -0.3 is 15.2 Å². The molecule has 0 radical (unpaired) electrons. The third kappa shape index (κ3) is 3.41. The summed E-state index contributed by atoms with van der Waals surface area (Å²) in [5, 5.41) is 0. The van der Waals surface area contributed by atoms with Gasteiger partial charge in [-0.15, -0.1) is 0 Å². The van der Waals surface area contributed by atoms with Crippen LogP contribution in [0.4, 0.5) is 0 Å². The fourth-order valence-electron chi connectivity index (χ4n) is 5.05. The fraction of sp³-hybridized carbons (Fsp3) is 0.682. The number of benzene rings is 1. The number of nitrogens with two attached hydrogens (primary N) is 1. The van der Waals surface area contributed by atoms with Gasteiger partial charge in [-0.1, -0.05) is 32.3 Å². The topological polar surface area (TPSA) is 61.5 Å². The van der Waals surface area contributed by atoms with E-state index >= 15 is 0 Å². The molecular formula is C22H31NO3. The van der Waals surface area contributed by atoms with E-state index in [1.54, 1.807) is 0 Å². The average molecular weight is 357 g/mol. The maximum Gasteiger partial charge on any atom is 0.311 e. The zero-order valence-corrected chi connectivity index (χ0v) is 15.8. The van der Waals surface area contributed by atoms with E-state index < -0.39 is 0 Å². The Kier molecular flexibility index (Phi) is 5.07. The predicted molar refractivity (Wildman–Crippen MR) is 101 cm³/mol. The number of fused-ring (bicyclic) bond motifs is 4. The normalized spacial score (nSPS) is 31.3. The molecule has 0 unspecified atom stereocenters. The Morgan fingerprint density at radius 2 is 2.15 bits per heavy atom. The zero-order valence-electron chi connectivity index (χ0n) is 15.8. The second kappa shape index (κ2) is 7.32. The summed E-state index contributed by atoms with van der Waals surface area (Å²) in [4.78, 5) is 12.2. The van der Waals surface area contributed by atoms with Gasteiger partial charge in [0, 0.05) is 23.8 Å². The van der Waals surface area contributed by atoms with Crippen LogP contribution < -0.4 is 10.5 Å². The van der Waals surface area contributed by atoms with Gasteiger partial charge in [-0.2, -0.15) is 0 Å². The molecule has 2 fully saturated rings. The number of rotatable bonds is 4. The maximum atomic E-state index is 12.2. The average Bonchev–Trinajstić information content (AvgIpc) is 2.58. The number of hydrogen-bond acceptors (Lipinski definition) is 4. The first-order valence-electron chi connectivity index (χ1n) is 10.2. The van der Waals surface area contributed by atoms with Crippen LogP contribution in [0.2, 0.25) is 0 Å². The summed E-state index contributed by atoms with van der Waals surface area (Å²) in [6.07, 6.45) is 8.55. The lowest BCUT2D eigenvalue weighted by Crippen LogP contribution is -2.52. The van der Waals surface area contributed by atoms with E-state index in [9.17, 15) is 4.79 Å². The fourth-order valence-corrected chi connectivity index (χ4v) is 5.05. The maximum absolute atomic E-state index is 12.2. The minimum Gasteiger partial charge on any atom is -0.427 e. The number of hydrogen-bond donors (Lipinski definition) is 1. The largest absolute Gasteiger partial charge is 0.427 e. The quantitative estimate of drug-likeness (QED) is 0.659. The van der Waals surface area contributed by atoms with E-state index in [2.05, 4.69) is 19.1 Å². The first-order valence-corrected chi connectivity index (χ1v) is 10.2. The van der Waals surface area contributed by atoms with Crippen molar-refractivity contribution in [3.63, 3.8) is 0 Å². The van der Waals surface area contributed by atoms with Crippen LogP contribution in [-0.2, 0) is 21.4 Å². The van der Waals surface area contributed by atoms with Crippen molar-refractivity contribution in [3.8, 4) is 5.75 Å². The van der Waals surface area contributed by atoms with Gasteiger partial charge in [-0.3, -0.25) is 4.79 Å². The van der Waals surface area contributed by atoms with Crippen LogP contribution in [0.3, 0.4) is 0 Å². The van der Waals surface area contributed by atoms with Crippen LogP contribution in [0.5, 0.6) is 5.75 Å². The van der Waals surface area contributed by atoms with E-state index in [-0.39, 0.29) is 17.4 Å². The molecule has 4 heteroatoms. The molecule has 1 saturated carbocycles. The Labute approximate surface area is 156 Å². The number of carbonyl (C=O) groups is 1. The molecule has 2 aliphatic carbocycles. The van der Waals surface area contributed by atoms with Gasteiger partial charge in [0.2, 0.25) is 0 Å². The number of ether oxygens (including phenoxy) is 2. The molecule has 1 aliphatic heterocycles. The van der Waals surface area contributed by atoms with Crippen LogP contribution in [0.1, 0.15) is 63.0 Å².